The van der Waals surface area contributed by atoms with Crippen LogP contribution in [-0.4, -0.2) is 21.6 Å². The Kier molecular flexibility index (Phi) is 6.02. The van der Waals surface area contributed by atoms with Crippen LogP contribution in [0.2, 0.25) is 0 Å². The Morgan fingerprint density at radius 1 is 1.44 bits per heavy atom. The number of aromatic nitrogens is 2. The second-order valence-corrected chi connectivity index (χ2v) is 5.26. The van der Waals surface area contributed by atoms with Crippen molar-refractivity contribution in [3.8, 4) is 0 Å². The summed E-state index contributed by atoms with van der Waals surface area (Å²) in [5, 5.41) is 4.49. The lowest BCUT2D eigenvalue weighted by Gasteiger charge is -2.08. The number of halogens is 1. The Morgan fingerprint density at radius 3 is 2.61 bits per heavy atom. The second-order valence-electron chi connectivity index (χ2n) is 4.46. The van der Waals surface area contributed by atoms with Gasteiger partial charge in [-0.15, -0.1) is 0 Å². The van der Waals surface area contributed by atoms with Gasteiger partial charge in [-0.25, -0.2) is 0 Å². The van der Waals surface area contributed by atoms with Gasteiger partial charge >= 0.3 is 0 Å². The highest BCUT2D eigenvalue weighted by Crippen LogP contribution is 2.23. The van der Waals surface area contributed by atoms with E-state index in [1.165, 1.54) is 0 Å². The SMILES string of the molecule is CCc1nn(CC)c(CC(=O)CC(N)CC)c1Br. The van der Waals surface area contributed by atoms with Gasteiger partial charge in [0.1, 0.15) is 5.78 Å². The molecule has 0 aromatic carbocycles. The number of nitrogens with two attached hydrogens (primary N) is 1. The van der Waals surface area contributed by atoms with Gasteiger partial charge in [0.2, 0.25) is 0 Å². The van der Waals surface area contributed by atoms with Crippen molar-refractivity contribution in [3.63, 3.8) is 0 Å². The fourth-order valence-corrected chi connectivity index (χ4v) is 2.59. The van der Waals surface area contributed by atoms with E-state index in [9.17, 15) is 4.79 Å². The third kappa shape index (κ3) is 3.65. The first-order valence-corrected chi connectivity index (χ1v) is 7.33. The zero-order chi connectivity index (χ0) is 13.7. The first-order valence-electron chi connectivity index (χ1n) is 6.54. The Balaban J connectivity index is 2.83. The number of hydrogen-bond donors (Lipinski definition) is 1. The average Bonchev–Trinajstić information content (AvgIpc) is 2.66. The van der Waals surface area contributed by atoms with Crippen molar-refractivity contribution < 1.29 is 4.79 Å². The minimum Gasteiger partial charge on any atom is -0.327 e. The summed E-state index contributed by atoms with van der Waals surface area (Å²) in [5.41, 5.74) is 7.80. The topological polar surface area (TPSA) is 60.9 Å². The molecule has 0 aliphatic carbocycles. The summed E-state index contributed by atoms with van der Waals surface area (Å²) in [7, 11) is 0. The Labute approximate surface area is 117 Å². The van der Waals surface area contributed by atoms with Crippen molar-refractivity contribution in [2.75, 3.05) is 0 Å². The Bertz CT molecular complexity index is 415. The Hall–Kier alpha value is -0.680. The summed E-state index contributed by atoms with van der Waals surface area (Å²) >= 11 is 3.55. The van der Waals surface area contributed by atoms with E-state index in [2.05, 4.69) is 28.0 Å². The van der Waals surface area contributed by atoms with E-state index in [4.69, 9.17) is 5.73 Å². The van der Waals surface area contributed by atoms with Crippen molar-refractivity contribution in [1.82, 2.24) is 9.78 Å². The molecule has 0 fully saturated rings. The third-order valence-corrected chi connectivity index (χ3v) is 3.99. The number of rotatable bonds is 7. The molecule has 0 saturated carbocycles. The largest absolute Gasteiger partial charge is 0.327 e. The van der Waals surface area contributed by atoms with E-state index in [0.717, 1.165) is 35.2 Å². The number of Topliss-reactive ketones (excluding diaryl/α,β-unsaturated/α-hetero) is 1. The summed E-state index contributed by atoms with van der Waals surface area (Å²) in [6.07, 6.45) is 2.55. The Morgan fingerprint density at radius 2 is 2.11 bits per heavy atom. The molecule has 18 heavy (non-hydrogen) atoms. The molecule has 0 radical (unpaired) electrons. The maximum absolute atomic E-state index is 12.0. The van der Waals surface area contributed by atoms with Gasteiger partial charge in [-0.3, -0.25) is 9.48 Å². The molecule has 1 atom stereocenters. The molecule has 1 aromatic rings. The molecule has 102 valence electrons. The first-order chi connectivity index (χ1) is 8.53. The molecule has 0 aliphatic heterocycles. The van der Waals surface area contributed by atoms with E-state index < -0.39 is 0 Å². The molecule has 0 spiro atoms. The van der Waals surface area contributed by atoms with Crippen molar-refractivity contribution in [3.05, 3.63) is 15.9 Å². The number of hydrogen-bond acceptors (Lipinski definition) is 3. The molecule has 0 amide bonds. The van der Waals surface area contributed by atoms with Crippen LogP contribution >= 0.6 is 15.9 Å². The van der Waals surface area contributed by atoms with Gasteiger partial charge in [-0.2, -0.15) is 5.10 Å². The molecular weight excluding hydrogens is 294 g/mol. The highest BCUT2D eigenvalue weighted by Gasteiger charge is 2.17. The lowest BCUT2D eigenvalue weighted by Crippen LogP contribution is -2.24. The molecule has 0 saturated heterocycles. The molecule has 2 N–H and O–H groups in total. The molecular formula is C13H22BrN3O. The van der Waals surface area contributed by atoms with Crippen LogP contribution in [0.4, 0.5) is 0 Å². The smallest absolute Gasteiger partial charge is 0.140 e. The van der Waals surface area contributed by atoms with Crippen LogP contribution in [0.1, 0.15) is 45.0 Å². The van der Waals surface area contributed by atoms with Gasteiger partial charge < -0.3 is 5.73 Å². The van der Waals surface area contributed by atoms with Crippen LogP contribution in [-0.2, 0) is 24.2 Å². The monoisotopic (exact) mass is 315 g/mol. The minimum atomic E-state index is -0.0279. The number of carbonyl (C=O) groups excluding carboxylic acids is 1. The van der Waals surface area contributed by atoms with E-state index in [1.54, 1.807) is 0 Å². The van der Waals surface area contributed by atoms with Gasteiger partial charge in [0.15, 0.2) is 0 Å². The van der Waals surface area contributed by atoms with E-state index in [-0.39, 0.29) is 11.8 Å². The van der Waals surface area contributed by atoms with Crippen molar-refractivity contribution >= 4 is 21.7 Å². The van der Waals surface area contributed by atoms with Crippen LogP contribution in [0.25, 0.3) is 0 Å². The van der Waals surface area contributed by atoms with Gasteiger partial charge in [0, 0.05) is 25.4 Å². The minimum absolute atomic E-state index is 0.0279. The van der Waals surface area contributed by atoms with Crippen molar-refractivity contribution in [1.29, 1.82) is 0 Å². The van der Waals surface area contributed by atoms with E-state index in [1.807, 2.05) is 18.5 Å². The molecule has 1 aromatic heterocycles. The molecule has 1 heterocycles. The molecule has 5 heteroatoms. The van der Waals surface area contributed by atoms with Crippen LogP contribution in [0.15, 0.2) is 4.47 Å². The van der Waals surface area contributed by atoms with Gasteiger partial charge in [0.25, 0.3) is 0 Å². The predicted octanol–water partition coefficient (Wildman–Crippen LogP) is 2.47. The molecule has 0 aliphatic rings. The maximum atomic E-state index is 12.0. The fourth-order valence-electron chi connectivity index (χ4n) is 1.88. The lowest BCUT2D eigenvalue weighted by molar-refractivity contribution is -0.118. The molecule has 4 nitrogen and oxygen atoms in total. The van der Waals surface area contributed by atoms with Crippen LogP contribution < -0.4 is 5.73 Å². The zero-order valence-electron chi connectivity index (χ0n) is 11.4. The quantitative estimate of drug-likeness (QED) is 0.840. The van der Waals surface area contributed by atoms with Crippen LogP contribution in [0.3, 0.4) is 0 Å². The fraction of sp³-hybridized carbons (Fsp3) is 0.692. The molecule has 1 rings (SSSR count). The predicted molar refractivity (Wildman–Crippen MR) is 76.6 cm³/mol. The van der Waals surface area contributed by atoms with Crippen LogP contribution in [0.5, 0.6) is 0 Å². The number of ketones is 1. The summed E-state index contributed by atoms with van der Waals surface area (Å²) < 4.78 is 2.88. The standard InChI is InChI=1S/C13H22BrN3O/c1-4-9(15)7-10(18)8-12-13(14)11(5-2)16-17(12)6-3/h9H,4-8,15H2,1-3H3. The average molecular weight is 316 g/mol. The summed E-state index contributed by atoms with van der Waals surface area (Å²) in [6.45, 7) is 6.87. The van der Waals surface area contributed by atoms with Gasteiger partial charge in [-0.1, -0.05) is 13.8 Å². The van der Waals surface area contributed by atoms with Crippen molar-refractivity contribution in [2.45, 2.75) is 59.0 Å². The lowest BCUT2D eigenvalue weighted by atomic mass is 10.1. The summed E-state index contributed by atoms with van der Waals surface area (Å²) in [6, 6.07) is -0.0279. The van der Waals surface area contributed by atoms with Gasteiger partial charge in [-0.05, 0) is 35.7 Å². The van der Waals surface area contributed by atoms with Gasteiger partial charge in [0.05, 0.1) is 15.9 Å². The van der Waals surface area contributed by atoms with E-state index >= 15 is 0 Å². The highest BCUT2D eigenvalue weighted by molar-refractivity contribution is 9.10. The molecule has 0 bridgehead atoms. The number of nitrogens with zero attached hydrogens (tertiary/aromatic N) is 2. The maximum Gasteiger partial charge on any atom is 0.140 e. The second kappa shape index (κ2) is 7.04. The van der Waals surface area contributed by atoms with E-state index in [0.29, 0.717) is 12.8 Å². The number of carbonyl (C=O) groups is 1. The third-order valence-electron chi connectivity index (χ3n) is 3.07. The summed E-state index contributed by atoms with van der Waals surface area (Å²) in [4.78, 5) is 12.0. The van der Waals surface area contributed by atoms with Crippen LogP contribution in [0, 0.1) is 0 Å². The molecule has 1 unspecified atom stereocenters. The first kappa shape index (κ1) is 15.4. The normalized spacial score (nSPS) is 12.7. The number of aryl methyl sites for hydroxylation is 2. The highest BCUT2D eigenvalue weighted by atomic mass is 79.9. The summed E-state index contributed by atoms with van der Waals surface area (Å²) in [5.74, 6) is 0.183. The zero-order valence-corrected chi connectivity index (χ0v) is 13.0. The van der Waals surface area contributed by atoms with Crippen molar-refractivity contribution in [2.24, 2.45) is 5.73 Å².